The fourth-order valence-electron chi connectivity index (χ4n) is 2.29. The molecule has 1 aromatic heterocycles. The molecule has 6 heteroatoms. The Kier molecular flexibility index (Phi) is 3.77. The summed E-state index contributed by atoms with van der Waals surface area (Å²) in [6.07, 6.45) is 0. The van der Waals surface area contributed by atoms with Crippen LogP contribution in [0, 0.1) is 23.0 Å². The number of hydrogen-bond donors (Lipinski definition) is 1. The highest BCUT2D eigenvalue weighted by molar-refractivity contribution is 5.72. The maximum absolute atomic E-state index is 13.8. The molecule has 0 saturated carbocycles. The quantitative estimate of drug-likeness (QED) is 0.798. The van der Waals surface area contributed by atoms with E-state index >= 15 is 0 Å². The first-order valence-electron chi connectivity index (χ1n) is 6.71. The Morgan fingerprint density at radius 2 is 1.87 bits per heavy atom. The number of rotatable bonds is 3. The molecule has 0 fully saturated rings. The standard InChI is InChI=1S/C17H11F2N3O/c1-23-17-13(6-12(18)7-14(17)19)16-8-15(21-22-16)11-4-2-10(9-20)3-5-11/h2-8H,1H3,(H,21,22). The number of halogens is 2. The van der Waals surface area contributed by atoms with Gasteiger partial charge in [0.2, 0.25) is 0 Å². The molecular formula is C17H11F2N3O. The lowest BCUT2D eigenvalue weighted by Gasteiger charge is -2.07. The highest BCUT2D eigenvalue weighted by atomic mass is 19.1. The van der Waals surface area contributed by atoms with E-state index in [9.17, 15) is 8.78 Å². The van der Waals surface area contributed by atoms with Gasteiger partial charge in [0.25, 0.3) is 0 Å². The highest BCUT2D eigenvalue weighted by Crippen LogP contribution is 2.33. The van der Waals surface area contributed by atoms with Gasteiger partial charge in [-0.15, -0.1) is 0 Å². The van der Waals surface area contributed by atoms with Gasteiger partial charge in [-0.1, -0.05) is 12.1 Å². The molecule has 0 atom stereocenters. The minimum atomic E-state index is -0.781. The van der Waals surface area contributed by atoms with Crippen molar-refractivity contribution in [3.05, 3.63) is 59.7 Å². The van der Waals surface area contributed by atoms with Gasteiger partial charge in [0.05, 0.1) is 30.1 Å². The van der Waals surface area contributed by atoms with Crippen LogP contribution in [0.5, 0.6) is 5.75 Å². The molecular weight excluding hydrogens is 300 g/mol. The second-order valence-electron chi connectivity index (χ2n) is 4.82. The minimum absolute atomic E-state index is 0.0542. The Morgan fingerprint density at radius 3 is 2.52 bits per heavy atom. The minimum Gasteiger partial charge on any atom is -0.493 e. The van der Waals surface area contributed by atoms with Crippen LogP contribution < -0.4 is 4.74 Å². The molecule has 0 unspecified atom stereocenters. The summed E-state index contributed by atoms with van der Waals surface area (Å²) in [7, 11) is 1.32. The van der Waals surface area contributed by atoms with E-state index in [-0.39, 0.29) is 11.3 Å². The SMILES string of the molecule is COc1c(F)cc(F)cc1-c1cc(-c2ccc(C#N)cc2)n[nH]1. The van der Waals surface area contributed by atoms with Crippen molar-refractivity contribution in [3.8, 4) is 34.3 Å². The van der Waals surface area contributed by atoms with Gasteiger partial charge < -0.3 is 4.74 Å². The van der Waals surface area contributed by atoms with Crippen molar-refractivity contribution < 1.29 is 13.5 Å². The molecule has 0 amide bonds. The van der Waals surface area contributed by atoms with Crippen LogP contribution in [0.4, 0.5) is 8.78 Å². The van der Waals surface area contributed by atoms with E-state index in [1.54, 1.807) is 30.3 Å². The van der Waals surface area contributed by atoms with Gasteiger partial charge in [-0.2, -0.15) is 10.4 Å². The average Bonchev–Trinajstić information content (AvgIpc) is 3.04. The monoisotopic (exact) mass is 311 g/mol. The second-order valence-corrected chi connectivity index (χ2v) is 4.82. The zero-order valence-corrected chi connectivity index (χ0v) is 12.1. The fourth-order valence-corrected chi connectivity index (χ4v) is 2.29. The molecule has 0 bridgehead atoms. The zero-order valence-electron chi connectivity index (χ0n) is 12.1. The van der Waals surface area contributed by atoms with Gasteiger partial charge in [0, 0.05) is 17.2 Å². The lowest BCUT2D eigenvalue weighted by Crippen LogP contribution is -1.94. The van der Waals surface area contributed by atoms with Crippen LogP contribution >= 0.6 is 0 Å². The first kappa shape index (κ1) is 14.7. The molecule has 0 radical (unpaired) electrons. The Morgan fingerprint density at radius 1 is 1.13 bits per heavy atom. The third kappa shape index (κ3) is 2.77. The summed E-state index contributed by atoms with van der Waals surface area (Å²) in [5.41, 5.74) is 2.59. The number of nitrogens with zero attached hydrogens (tertiary/aromatic N) is 2. The number of H-pyrrole nitrogens is 1. The number of benzene rings is 2. The molecule has 3 rings (SSSR count). The average molecular weight is 311 g/mol. The molecule has 114 valence electrons. The molecule has 1 heterocycles. The number of hydrogen-bond acceptors (Lipinski definition) is 3. The largest absolute Gasteiger partial charge is 0.493 e. The maximum Gasteiger partial charge on any atom is 0.168 e. The molecule has 0 saturated heterocycles. The Bertz CT molecular complexity index is 895. The van der Waals surface area contributed by atoms with E-state index in [1.807, 2.05) is 6.07 Å². The number of nitrogens with one attached hydrogen (secondary N) is 1. The van der Waals surface area contributed by atoms with Crippen molar-refractivity contribution in [2.24, 2.45) is 0 Å². The van der Waals surface area contributed by atoms with E-state index in [0.717, 1.165) is 11.6 Å². The van der Waals surface area contributed by atoms with E-state index in [0.29, 0.717) is 17.0 Å². The summed E-state index contributed by atoms with van der Waals surface area (Å²) in [4.78, 5) is 0. The summed E-state index contributed by atoms with van der Waals surface area (Å²) in [5.74, 6) is -1.54. The predicted molar refractivity (Wildman–Crippen MR) is 80.6 cm³/mol. The third-order valence-electron chi connectivity index (χ3n) is 3.39. The van der Waals surface area contributed by atoms with Crippen LogP contribution in [0.15, 0.2) is 42.5 Å². The molecule has 4 nitrogen and oxygen atoms in total. The smallest absolute Gasteiger partial charge is 0.168 e. The summed E-state index contributed by atoms with van der Waals surface area (Å²) in [6, 6.07) is 12.5. The number of aromatic amines is 1. The Balaban J connectivity index is 2.04. The number of methoxy groups -OCH3 is 1. The van der Waals surface area contributed by atoms with Crippen LogP contribution in [-0.4, -0.2) is 17.3 Å². The van der Waals surface area contributed by atoms with Crippen molar-refractivity contribution in [2.75, 3.05) is 7.11 Å². The van der Waals surface area contributed by atoms with Crippen molar-refractivity contribution in [2.45, 2.75) is 0 Å². The third-order valence-corrected chi connectivity index (χ3v) is 3.39. The van der Waals surface area contributed by atoms with Gasteiger partial charge in [0.1, 0.15) is 5.82 Å². The van der Waals surface area contributed by atoms with Gasteiger partial charge in [-0.05, 0) is 24.3 Å². The highest BCUT2D eigenvalue weighted by Gasteiger charge is 2.16. The normalized spacial score (nSPS) is 10.3. The molecule has 3 aromatic rings. The van der Waals surface area contributed by atoms with Gasteiger partial charge in [-0.3, -0.25) is 5.10 Å². The topological polar surface area (TPSA) is 61.7 Å². The van der Waals surface area contributed by atoms with Crippen LogP contribution in [0.25, 0.3) is 22.5 Å². The number of ether oxygens (including phenoxy) is 1. The Labute approximate surface area is 131 Å². The summed E-state index contributed by atoms with van der Waals surface area (Å²) in [5, 5.41) is 15.7. The lowest BCUT2D eigenvalue weighted by atomic mass is 10.1. The van der Waals surface area contributed by atoms with Crippen LogP contribution in [-0.2, 0) is 0 Å². The molecule has 2 aromatic carbocycles. The van der Waals surface area contributed by atoms with E-state index < -0.39 is 11.6 Å². The van der Waals surface area contributed by atoms with Crippen LogP contribution in [0.2, 0.25) is 0 Å². The summed E-state index contributed by atoms with van der Waals surface area (Å²) in [6.45, 7) is 0. The zero-order chi connectivity index (χ0) is 16.4. The predicted octanol–water partition coefficient (Wildman–Crippen LogP) is 3.90. The van der Waals surface area contributed by atoms with Gasteiger partial charge >= 0.3 is 0 Å². The number of aromatic nitrogens is 2. The van der Waals surface area contributed by atoms with Crippen LogP contribution in [0.1, 0.15) is 5.56 Å². The van der Waals surface area contributed by atoms with Crippen molar-refractivity contribution in [1.29, 1.82) is 5.26 Å². The molecule has 0 aliphatic carbocycles. The summed E-state index contributed by atoms with van der Waals surface area (Å²) >= 11 is 0. The van der Waals surface area contributed by atoms with Gasteiger partial charge in [-0.25, -0.2) is 8.78 Å². The van der Waals surface area contributed by atoms with Crippen LogP contribution in [0.3, 0.4) is 0 Å². The maximum atomic E-state index is 13.8. The van der Waals surface area contributed by atoms with E-state index in [4.69, 9.17) is 10.00 Å². The molecule has 0 aliphatic rings. The molecule has 1 N–H and O–H groups in total. The van der Waals surface area contributed by atoms with Gasteiger partial charge in [0.15, 0.2) is 11.6 Å². The van der Waals surface area contributed by atoms with Crippen molar-refractivity contribution in [3.63, 3.8) is 0 Å². The molecule has 0 spiro atoms. The molecule has 0 aliphatic heterocycles. The van der Waals surface area contributed by atoms with E-state index in [2.05, 4.69) is 10.2 Å². The Hall–Kier alpha value is -3.20. The number of nitriles is 1. The van der Waals surface area contributed by atoms with E-state index in [1.165, 1.54) is 13.2 Å². The first-order chi connectivity index (χ1) is 11.1. The molecule has 23 heavy (non-hydrogen) atoms. The van der Waals surface area contributed by atoms with Crippen molar-refractivity contribution in [1.82, 2.24) is 10.2 Å². The lowest BCUT2D eigenvalue weighted by molar-refractivity contribution is 0.386. The van der Waals surface area contributed by atoms with Crippen molar-refractivity contribution >= 4 is 0 Å². The first-order valence-corrected chi connectivity index (χ1v) is 6.71. The second kappa shape index (κ2) is 5.89. The fraction of sp³-hybridized carbons (Fsp3) is 0.0588. The summed E-state index contributed by atoms with van der Waals surface area (Å²) < 4.78 is 32.3.